The van der Waals surface area contributed by atoms with Crippen LogP contribution in [-0.2, 0) is 6.42 Å². The van der Waals surface area contributed by atoms with E-state index in [4.69, 9.17) is 0 Å². The summed E-state index contributed by atoms with van der Waals surface area (Å²) in [7, 11) is 0. The maximum Gasteiger partial charge on any atom is 0.0583 e. The summed E-state index contributed by atoms with van der Waals surface area (Å²) in [5, 5.41) is 10.1. The molecular formula is C15H23BrO. The van der Waals surface area contributed by atoms with Crippen molar-refractivity contribution in [1.82, 2.24) is 0 Å². The van der Waals surface area contributed by atoms with Gasteiger partial charge >= 0.3 is 0 Å². The molecule has 1 aromatic rings. The zero-order valence-electron chi connectivity index (χ0n) is 11.2. The average Bonchev–Trinajstić information content (AvgIpc) is 2.20. The van der Waals surface area contributed by atoms with Crippen LogP contribution < -0.4 is 0 Å². The molecule has 0 radical (unpaired) electrons. The molecule has 0 aliphatic carbocycles. The maximum absolute atomic E-state index is 10.1. The molecule has 0 aliphatic heterocycles. The number of hydrogen-bond donors (Lipinski definition) is 1. The number of aliphatic hydroxyl groups excluding tert-OH is 1. The third kappa shape index (κ3) is 4.81. The molecule has 0 heterocycles. The minimum atomic E-state index is -0.261. The molecule has 1 nitrogen and oxygen atoms in total. The van der Waals surface area contributed by atoms with Crippen molar-refractivity contribution < 1.29 is 5.11 Å². The highest BCUT2D eigenvalue weighted by atomic mass is 79.9. The molecule has 1 aromatic carbocycles. The van der Waals surface area contributed by atoms with Crippen LogP contribution in [0.15, 0.2) is 28.7 Å². The lowest BCUT2D eigenvalue weighted by atomic mass is 9.78. The van der Waals surface area contributed by atoms with Gasteiger partial charge in [0.1, 0.15) is 0 Å². The highest BCUT2D eigenvalue weighted by Gasteiger charge is 2.22. The van der Waals surface area contributed by atoms with Crippen molar-refractivity contribution in [3.8, 4) is 0 Å². The number of hydrogen-bond acceptors (Lipinski definition) is 1. The fourth-order valence-electron chi connectivity index (χ4n) is 1.76. The molecule has 0 fully saturated rings. The van der Waals surface area contributed by atoms with E-state index in [1.165, 1.54) is 5.56 Å². The van der Waals surface area contributed by atoms with Gasteiger partial charge in [0.15, 0.2) is 0 Å². The molecule has 0 aromatic heterocycles. The van der Waals surface area contributed by atoms with Crippen LogP contribution in [-0.4, -0.2) is 11.2 Å². The smallest absolute Gasteiger partial charge is 0.0583 e. The lowest BCUT2D eigenvalue weighted by molar-refractivity contribution is 0.110. The van der Waals surface area contributed by atoms with E-state index in [1.54, 1.807) is 0 Å². The molecule has 2 heteroatoms. The highest BCUT2D eigenvalue weighted by molar-refractivity contribution is 9.10. The maximum atomic E-state index is 10.1. The van der Waals surface area contributed by atoms with Crippen LogP contribution in [0.1, 0.15) is 39.7 Å². The predicted octanol–water partition coefficient (Wildman–Crippen LogP) is 4.42. The van der Waals surface area contributed by atoms with Crippen molar-refractivity contribution in [3.05, 3.63) is 34.3 Å². The van der Waals surface area contributed by atoms with Gasteiger partial charge in [-0.05, 0) is 35.8 Å². The summed E-state index contributed by atoms with van der Waals surface area (Å²) in [6, 6.07) is 8.10. The van der Waals surface area contributed by atoms with Gasteiger partial charge in [-0.3, -0.25) is 0 Å². The van der Waals surface area contributed by atoms with Crippen LogP contribution in [0.3, 0.4) is 0 Å². The Kier molecular flexibility index (Phi) is 5.21. The van der Waals surface area contributed by atoms with Crippen LogP contribution in [0.2, 0.25) is 0 Å². The van der Waals surface area contributed by atoms with Gasteiger partial charge in [-0.25, -0.2) is 0 Å². The Balaban J connectivity index is 2.56. The predicted molar refractivity (Wildman–Crippen MR) is 77.1 cm³/mol. The monoisotopic (exact) mass is 298 g/mol. The first kappa shape index (κ1) is 14.7. The second-order valence-electron chi connectivity index (χ2n) is 5.95. The summed E-state index contributed by atoms with van der Waals surface area (Å²) in [6.45, 7) is 8.89. The summed E-state index contributed by atoms with van der Waals surface area (Å²) in [5.41, 5.74) is 1.44. The van der Waals surface area contributed by atoms with E-state index in [0.29, 0.717) is 5.92 Å². The highest BCUT2D eigenvalue weighted by Crippen LogP contribution is 2.30. The van der Waals surface area contributed by atoms with Crippen molar-refractivity contribution in [2.24, 2.45) is 11.3 Å². The molecule has 1 N–H and O–H groups in total. The van der Waals surface area contributed by atoms with Gasteiger partial charge in [0.05, 0.1) is 6.10 Å². The third-order valence-electron chi connectivity index (χ3n) is 3.52. The zero-order chi connectivity index (χ0) is 13.1. The van der Waals surface area contributed by atoms with E-state index < -0.39 is 0 Å². The summed E-state index contributed by atoms with van der Waals surface area (Å²) >= 11 is 3.52. The SMILES string of the molecule is CC(CC(O)Cc1ccccc1Br)C(C)(C)C. The quantitative estimate of drug-likeness (QED) is 0.872. The Morgan fingerprint density at radius 2 is 1.82 bits per heavy atom. The summed E-state index contributed by atoms with van der Waals surface area (Å²) in [6.07, 6.45) is 1.31. The molecule has 0 saturated heterocycles. The van der Waals surface area contributed by atoms with Crippen molar-refractivity contribution in [2.45, 2.75) is 46.6 Å². The van der Waals surface area contributed by atoms with E-state index in [9.17, 15) is 5.11 Å². The topological polar surface area (TPSA) is 20.2 Å². The molecule has 2 atom stereocenters. The molecule has 0 amide bonds. The van der Waals surface area contributed by atoms with E-state index in [-0.39, 0.29) is 11.5 Å². The summed E-state index contributed by atoms with van der Waals surface area (Å²) < 4.78 is 1.09. The second kappa shape index (κ2) is 6.01. The largest absolute Gasteiger partial charge is 0.393 e. The van der Waals surface area contributed by atoms with Crippen molar-refractivity contribution >= 4 is 15.9 Å². The lowest BCUT2D eigenvalue weighted by Crippen LogP contribution is -2.24. The van der Waals surface area contributed by atoms with E-state index in [1.807, 2.05) is 18.2 Å². The van der Waals surface area contributed by atoms with Crippen LogP contribution in [0.5, 0.6) is 0 Å². The van der Waals surface area contributed by atoms with Gasteiger partial charge < -0.3 is 5.11 Å². The number of halogens is 1. The second-order valence-corrected chi connectivity index (χ2v) is 6.81. The van der Waals surface area contributed by atoms with Crippen molar-refractivity contribution in [3.63, 3.8) is 0 Å². The Morgan fingerprint density at radius 1 is 1.24 bits per heavy atom. The zero-order valence-corrected chi connectivity index (χ0v) is 12.8. The van der Waals surface area contributed by atoms with Gasteiger partial charge in [-0.15, -0.1) is 0 Å². The minimum absolute atomic E-state index is 0.259. The molecule has 0 spiro atoms. The fourth-order valence-corrected chi connectivity index (χ4v) is 2.21. The van der Waals surface area contributed by atoms with E-state index in [0.717, 1.165) is 17.3 Å². The Labute approximate surface area is 113 Å². The molecule has 2 unspecified atom stereocenters. The molecular weight excluding hydrogens is 276 g/mol. The summed E-state index contributed by atoms with van der Waals surface area (Å²) in [4.78, 5) is 0. The normalized spacial score (nSPS) is 15.6. The number of aliphatic hydroxyl groups is 1. The first-order valence-corrected chi connectivity index (χ1v) is 7.01. The molecule has 0 bridgehead atoms. The van der Waals surface area contributed by atoms with Crippen LogP contribution in [0, 0.1) is 11.3 Å². The van der Waals surface area contributed by atoms with E-state index in [2.05, 4.69) is 49.7 Å². The van der Waals surface area contributed by atoms with Crippen LogP contribution in [0.25, 0.3) is 0 Å². The fraction of sp³-hybridized carbons (Fsp3) is 0.600. The first-order valence-electron chi connectivity index (χ1n) is 6.22. The lowest BCUT2D eigenvalue weighted by Gasteiger charge is -2.29. The van der Waals surface area contributed by atoms with Gasteiger partial charge in [-0.2, -0.15) is 0 Å². The van der Waals surface area contributed by atoms with Crippen LogP contribution >= 0.6 is 15.9 Å². The van der Waals surface area contributed by atoms with Gasteiger partial charge in [-0.1, -0.05) is 61.8 Å². The molecule has 0 saturated carbocycles. The molecule has 96 valence electrons. The van der Waals surface area contributed by atoms with Gasteiger partial charge in [0.25, 0.3) is 0 Å². The third-order valence-corrected chi connectivity index (χ3v) is 4.29. The number of rotatable bonds is 4. The van der Waals surface area contributed by atoms with Gasteiger partial charge in [0.2, 0.25) is 0 Å². The Morgan fingerprint density at radius 3 is 2.35 bits per heavy atom. The Hall–Kier alpha value is -0.340. The standard InChI is InChI=1S/C15H23BrO/c1-11(15(2,3)4)9-13(17)10-12-7-5-6-8-14(12)16/h5-8,11,13,17H,9-10H2,1-4H3. The number of benzene rings is 1. The van der Waals surface area contributed by atoms with Crippen molar-refractivity contribution in [2.75, 3.05) is 0 Å². The average molecular weight is 299 g/mol. The van der Waals surface area contributed by atoms with Crippen LogP contribution in [0.4, 0.5) is 0 Å². The van der Waals surface area contributed by atoms with Gasteiger partial charge in [0, 0.05) is 4.47 Å². The molecule has 1 rings (SSSR count). The van der Waals surface area contributed by atoms with Crippen molar-refractivity contribution in [1.29, 1.82) is 0 Å². The minimum Gasteiger partial charge on any atom is -0.393 e. The van der Waals surface area contributed by atoms with E-state index >= 15 is 0 Å². The Bertz CT molecular complexity index is 354. The molecule has 0 aliphatic rings. The first-order chi connectivity index (χ1) is 7.80. The molecule has 17 heavy (non-hydrogen) atoms. The summed E-state index contributed by atoms with van der Waals surface area (Å²) in [5.74, 6) is 0.514.